The number of benzene rings is 1. The van der Waals surface area contributed by atoms with Crippen molar-refractivity contribution in [1.29, 1.82) is 0 Å². The van der Waals surface area contributed by atoms with Crippen LogP contribution in [0.1, 0.15) is 26.7 Å². The highest BCUT2D eigenvalue weighted by atomic mass is 35.5. The maximum Gasteiger partial charge on any atom is 0.341 e. The summed E-state index contributed by atoms with van der Waals surface area (Å²) in [6.45, 7) is 3.49. The summed E-state index contributed by atoms with van der Waals surface area (Å²) >= 11 is 7.03. The third kappa shape index (κ3) is 4.65. The van der Waals surface area contributed by atoms with E-state index in [1.54, 1.807) is 18.5 Å². The molecule has 0 aliphatic carbocycles. The number of hydrogen-bond donors (Lipinski definition) is 0. The Hall–Kier alpha value is -3.52. The monoisotopic (exact) mass is 540 g/mol. The highest BCUT2D eigenvalue weighted by molar-refractivity contribution is 7.06. The predicted octanol–water partition coefficient (Wildman–Crippen LogP) is 0.493. The van der Waals surface area contributed by atoms with Crippen molar-refractivity contribution in [2.45, 2.75) is 52.4 Å². The van der Waals surface area contributed by atoms with E-state index in [0.717, 1.165) is 43.4 Å². The van der Waals surface area contributed by atoms with E-state index in [1.165, 1.54) is 4.68 Å². The quantitative estimate of drug-likeness (QED) is 0.433. The second kappa shape index (κ2) is 9.85. The molecule has 0 fully saturated rings. The van der Waals surface area contributed by atoms with Gasteiger partial charge in [0.05, 0.1) is 16.8 Å². The Bertz CT molecular complexity index is 1670. The molecule has 0 unspecified atom stereocenters. The van der Waals surface area contributed by atoms with Crippen LogP contribution < -0.4 is 26.7 Å². The standard InChI is InChI=1S/C21H22ClFN6O6S/c1-11(2)35-16(30)10-26-18(31)25(3)19(32)29(20(26)33)15-9-14(13(23)8-12(15)22)24-17-27-6-4-5-7-28(27)21(34)36-17/h8-9,11H,4-7,10H2,1-3H3. The largest absolute Gasteiger partial charge is 0.462 e. The number of carbonyl (C=O) groups is 1. The molecular weight excluding hydrogens is 519 g/mol. The highest BCUT2D eigenvalue weighted by Crippen LogP contribution is 2.27. The zero-order chi connectivity index (χ0) is 26.3. The minimum Gasteiger partial charge on any atom is -0.462 e. The van der Waals surface area contributed by atoms with E-state index in [0.29, 0.717) is 26.8 Å². The summed E-state index contributed by atoms with van der Waals surface area (Å²) < 4.78 is 24.7. The Morgan fingerprint density at radius 1 is 1.11 bits per heavy atom. The zero-order valence-corrected chi connectivity index (χ0v) is 21.1. The van der Waals surface area contributed by atoms with Crippen molar-refractivity contribution in [1.82, 2.24) is 23.1 Å². The number of esters is 1. The lowest BCUT2D eigenvalue weighted by Gasteiger charge is -2.16. The number of fused-ring (bicyclic) bond motifs is 1. The first-order chi connectivity index (χ1) is 17.0. The number of nitrogens with zero attached hydrogens (tertiary/aromatic N) is 6. The van der Waals surface area contributed by atoms with E-state index in [9.17, 15) is 28.4 Å². The molecule has 0 saturated heterocycles. The van der Waals surface area contributed by atoms with Crippen LogP contribution in [0.3, 0.4) is 0 Å². The van der Waals surface area contributed by atoms with Crippen LogP contribution in [0.5, 0.6) is 0 Å². The lowest BCUT2D eigenvalue weighted by molar-refractivity contribution is -0.148. The summed E-state index contributed by atoms with van der Waals surface area (Å²) in [4.78, 5) is 67.3. The van der Waals surface area contributed by atoms with Crippen molar-refractivity contribution >= 4 is 34.6 Å². The fourth-order valence-corrected chi connectivity index (χ4v) is 4.90. The fourth-order valence-electron chi connectivity index (χ4n) is 3.77. The molecule has 192 valence electrons. The molecule has 0 amide bonds. The van der Waals surface area contributed by atoms with Crippen molar-refractivity contribution in [3.63, 3.8) is 0 Å². The Morgan fingerprint density at radius 2 is 1.78 bits per heavy atom. The number of ether oxygens (including phenoxy) is 1. The van der Waals surface area contributed by atoms with E-state index >= 15 is 0 Å². The van der Waals surface area contributed by atoms with Gasteiger partial charge in [0.15, 0.2) is 5.82 Å². The van der Waals surface area contributed by atoms with Crippen LogP contribution in [0.4, 0.5) is 10.1 Å². The predicted molar refractivity (Wildman–Crippen MR) is 129 cm³/mol. The zero-order valence-electron chi connectivity index (χ0n) is 19.6. The molecule has 12 nitrogen and oxygen atoms in total. The second-order valence-electron chi connectivity index (χ2n) is 8.34. The molecule has 15 heteroatoms. The molecule has 1 aromatic carbocycles. The van der Waals surface area contributed by atoms with E-state index in [1.807, 2.05) is 0 Å². The van der Waals surface area contributed by atoms with Gasteiger partial charge in [-0.15, -0.1) is 0 Å². The van der Waals surface area contributed by atoms with Gasteiger partial charge in [-0.1, -0.05) is 11.6 Å². The second-order valence-corrected chi connectivity index (χ2v) is 9.66. The number of hydrogen-bond acceptors (Lipinski definition) is 8. The summed E-state index contributed by atoms with van der Waals surface area (Å²) in [6.07, 6.45) is 1.17. The topological polar surface area (TPSA) is 132 Å². The maximum absolute atomic E-state index is 14.8. The highest BCUT2D eigenvalue weighted by Gasteiger charge is 2.21. The average molecular weight is 541 g/mol. The summed E-state index contributed by atoms with van der Waals surface area (Å²) in [6, 6.07) is 1.95. The molecule has 0 radical (unpaired) electrons. The summed E-state index contributed by atoms with van der Waals surface area (Å²) in [7, 11) is 1.12. The molecule has 1 aliphatic rings. The smallest absolute Gasteiger partial charge is 0.341 e. The van der Waals surface area contributed by atoms with E-state index in [4.69, 9.17) is 16.3 Å². The van der Waals surface area contributed by atoms with Crippen LogP contribution >= 0.6 is 22.9 Å². The Morgan fingerprint density at radius 3 is 2.44 bits per heavy atom. The van der Waals surface area contributed by atoms with Crippen LogP contribution in [-0.2, 0) is 36.2 Å². The van der Waals surface area contributed by atoms with E-state index in [2.05, 4.69) is 4.99 Å². The van der Waals surface area contributed by atoms with Crippen molar-refractivity contribution in [2.24, 2.45) is 12.0 Å². The molecule has 0 N–H and O–H groups in total. The molecule has 1 aliphatic heterocycles. The van der Waals surface area contributed by atoms with Crippen molar-refractivity contribution < 1.29 is 13.9 Å². The SMILES string of the molecule is CC(C)OC(=O)Cn1c(=O)n(C)c(=O)n(-c2cc(N=c3sc(=O)n4n3CCCC4)c(F)cc2Cl)c1=O. The summed E-state index contributed by atoms with van der Waals surface area (Å²) in [5, 5.41) is -0.305. The Labute approximate surface area is 210 Å². The molecule has 3 aromatic rings. The third-order valence-electron chi connectivity index (χ3n) is 5.44. The van der Waals surface area contributed by atoms with Crippen LogP contribution in [0.2, 0.25) is 5.02 Å². The average Bonchev–Trinajstić information content (AvgIpc) is 3.13. The van der Waals surface area contributed by atoms with Gasteiger partial charge < -0.3 is 4.74 Å². The first kappa shape index (κ1) is 25.6. The van der Waals surface area contributed by atoms with Gasteiger partial charge in [0.25, 0.3) is 0 Å². The summed E-state index contributed by atoms with van der Waals surface area (Å²) in [5.41, 5.74) is -3.78. The van der Waals surface area contributed by atoms with Gasteiger partial charge >= 0.3 is 27.9 Å². The van der Waals surface area contributed by atoms with Crippen LogP contribution in [0.25, 0.3) is 5.69 Å². The van der Waals surface area contributed by atoms with E-state index in [-0.39, 0.29) is 26.1 Å². The minimum absolute atomic E-state index is 0.242. The molecule has 36 heavy (non-hydrogen) atoms. The fraction of sp³-hybridized carbons (Fsp3) is 0.429. The van der Waals surface area contributed by atoms with Crippen LogP contribution in [0.15, 0.2) is 36.3 Å². The van der Waals surface area contributed by atoms with Gasteiger partial charge in [-0.3, -0.25) is 14.3 Å². The van der Waals surface area contributed by atoms with Gasteiger partial charge in [-0.25, -0.2) is 42.1 Å². The molecule has 4 rings (SSSR count). The Balaban J connectivity index is 1.92. The molecule has 2 aromatic heterocycles. The molecule has 0 bridgehead atoms. The van der Waals surface area contributed by atoms with Crippen LogP contribution in [-0.4, -0.2) is 35.1 Å². The molecular formula is C21H22ClFN6O6S. The minimum atomic E-state index is -1.16. The number of rotatable bonds is 5. The van der Waals surface area contributed by atoms with Gasteiger partial charge in [0.1, 0.15) is 12.2 Å². The summed E-state index contributed by atoms with van der Waals surface area (Å²) in [5.74, 6) is -1.71. The number of halogens is 2. The molecule has 0 spiro atoms. The van der Waals surface area contributed by atoms with E-state index < -0.39 is 41.5 Å². The normalized spacial score (nSPS) is 13.8. The first-order valence-electron chi connectivity index (χ1n) is 11.0. The lowest BCUT2D eigenvalue weighted by atomic mass is 10.2. The van der Waals surface area contributed by atoms with Crippen LogP contribution in [0, 0.1) is 5.82 Å². The van der Waals surface area contributed by atoms with Gasteiger partial charge in [0.2, 0.25) is 4.80 Å². The van der Waals surface area contributed by atoms with Gasteiger partial charge in [-0.05, 0) is 50.2 Å². The number of aromatic nitrogens is 5. The number of carbonyl (C=O) groups excluding carboxylic acids is 1. The first-order valence-corrected chi connectivity index (χ1v) is 12.2. The third-order valence-corrected chi connectivity index (χ3v) is 6.61. The van der Waals surface area contributed by atoms with Crippen molar-refractivity contribution in [2.75, 3.05) is 0 Å². The lowest BCUT2D eigenvalue weighted by Crippen LogP contribution is -2.54. The molecule has 0 saturated carbocycles. The molecule has 0 atom stereocenters. The van der Waals surface area contributed by atoms with Gasteiger partial charge in [-0.2, -0.15) is 0 Å². The Kier molecular flexibility index (Phi) is 7.00. The van der Waals surface area contributed by atoms with Crippen molar-refractivity contribution in [3.8, 4) is 5.69 Å². The van der Waals surface area contributed by atoms with Crippen molar-refractivity contribution in [3.05, 3.63) is 68.9 Å². The molecule has 3 heterocycles. The van der Waals surface area contributed by atoms with Gasteiger partial charge in [0, 0.05) is 20.1 Å². The maximum atomic E-state index is 14.8.